The van der Waals surface area contributed by atoms with E-state index in [4.69, 9.17) is 0 Å². The van der Waals surface area contributed by atoms with Gasteiger partial charge in [0, 0.05) is 33.7 Å². The van der Waals surface area contributed by atoms with Gasteiger partial charge in [-0.3, -0.25) is 0 Å². The number of piperidine rings is 1. The predicted octanol–water partition coefficient (Wildman–Crippen LogP) is 0.257. The summed E-state index contributed by atoms with van der Waals surface area (Å²) in [4.78, 5) is 0. The molecule has 1 unspecified atom stereocenters. The number of hydrogen-bond donors (Lipinski definition) is 1. The maximum Gasteiger partial charge on any atom is 0.281 e. The van der Waals surface area contributed by atoms with Crippen LogP contribution in [0, 0.1) is 0 Å². The molecule has 5 nitrogen and oxygen atoms in total. The van der Waals surface area contributed by atoms with E-state index < -0.39 is 10.2 Å². The zero-order valence-corrected chi connectivity index (χ0v) is 11.3. The first-order chi connectivity index (χ1) is 7.44. The number of nitrogens with one attached hydrogen (secondary N) is 1. The molecule has 1 aliphatic heterocycles. The van der Waals surface area contributed by atoms with Crippen LogP contribution in [0.3, 0.4) is 0 Å². The van der Waals surface area contributed by atoms with Gasteiger partial charge in [0.1, 0.15) is 0 Å². The fourth-order valence-corrected chi connectivity index (χ4v) is 2.80. The highest BCUT2D eigenvalue weighted by atomic mass is 32.2. The minimum absolute atomic E-state index is 0.480. The Morgan fingerprint density at radius 3 is 2.44 bits per heavy atom. The smallest absolute Gasteiger partial charge is 0.281 e. The molecule has 0 spiro atoms. The standard InChI is InChI=1S/C10H23N3O2S/c1-12(2)16(14,15)13(3)9-7-10-6-4-5-8-11-10/h10-11H,4-9H2,1-3H3. The van der Waals surface area contributed by atoms with Crippen LogP contribution < -0.4 is 5.32 Å². The fourth-order valence-electron chi connectivity index (χ4n) is 1.90. The Morgan fingerprint density at radius 2 is 1.94 bits per heavy atom. The van der Waals surface area contributed by atoms with Crippen LogP contribution >= 0.6 is 0 Å². The normalized spacial score (nSPS) is 22.9. The summed E-state index contributed by atoms with van der Waals surface area (Å²) in [5.74, 6) is 0. The number of hydrogen-bond acceptors (Lipinski definition) is 3. The van der Waals surface area contributed by atoms with Crippen molar-refractivity contribution in [3.63, 3.8) is 0 Å². The lowest BCUT2D eigenvalue weighted by molar-refractivity contribution is 0.343. The second-order valence-corrected chi connectivity index (χ2v) is 6.80. The van der Waals surface area contributed by atoms with Crippen molar-refractivity contribution in [2.24, 2.45) is 0 Å². The Kier molecular flexibility index (Phi) is 5.17. The van der Waals surface area contributed by atoms with Gasteiger partial charge in [-0.25, -0.2) is 0 Å². The van der Waals surface area contributed by atoms with Crippen molar-refractivity contribution >= 4 is 10.2 Å². The highest BCUT2D eigenvalue weighted by Gasteiger charge is 2.21. The number of rotatable bonds is 5. The third-order valence-electron chi connectivity index (χ3n) is 3.06. The zero-order valence-electron chi connectivity index (χ0n) is 10.4. The topological polar surface area (TPSA) is 52.7 Å². The van der Waals surface area contributed by atoms with E-state index in [0.29, 0.717) is 12.6 Å². The van der Waals surface area contributed by atoms with E-state index in [2.05, 4.69) is 5.32 Å². The first-order valence-electron chi connectivity index (χ1n) is 5.82. The summed E-state index contributed by atoms with van der Waals surface area (Å²) in [5, 5.41) is 3.42. The van der Waals surface area contributed by atoms with Crippen LogP contribution in [0.1, 0.15) is 25.7 Å². The van der Waals surface area contributed by atoms with Crippen molar-refractivity contribution in [3.05, 3.63) is 0 Å². The van der Waals surface area contributed by atoms with E-state index in [0.717, 1.165) is 19.4 Å². The number of nitrogens with zero attached hydrogens (tertiary/aromatic N) is 2. The van der Waals surface area contributed by atoms with Crippen LogP contribution in [0.2, 0.25) is 0 Å². The molecule has 1 fully saturated rings. The summed E-state index contributed by atoms with van der Waals surface area (Å²) in [6, 6.07) is 0.480. The molecule has 1 saturated heterocycles. The maximum atomic E-state index is 11.7. The average Bonchev–Trinajstić information content (AvgIpc) is 2.27. The first-order valence-corrected chi connectivity index (χ1v) is 7.21. The van der Waals surface area contributed by atoms with E-state index in [1.807, 2.05) is 0 Å². The van der Waals surface area contributed by atoms with Gasteiger partial charge in [-0.2, -0.15) is 17.0 Å². The van der Waals surface area contributed by atoms with E-state index in [-0.39, 0.29) is 0 Å². The largest absolute Gasteiger partial charge is 0.314 e. The average molecular weight is 249 g/mol. The minimum Gasteiger partial charge on any atom is -0.314 e. The Hall–Kier alpha value is -0.170. The summed E-state index contributed by atoms with van der Waals surface area (Å²) in [6.07, 6.45) is 4.55. The molecule has 0 aromatic carbocycles. The van der Waals surface area contributed by atoms with Crippen molar-refractivity contribution in [2.75, 3.05) is 34.2 Å². The molecule has 0 amide bonds. The van der Waals surface area contributed by atoms with Crippen molar-refractivity contribution in [3.8, 4) is 0 Å². The molecule has 0 aromatic rings. The van der Waals surface area contributed by atoms with E-state index in [1.165, 1.54) is 21.5 Å². The van der Waals surface area contributed by atoms with Crippen LogP contribution in [0.15, 0.2) is 0 Å². The third-order valence-corrected chi connectivity index (χ3v) is 4.95. The summed E-state index contributed by atoms with van der Waals surface area (Å²) in [5.41, 5.74) is 0. The molecule has 1 heterocycles. The molecular weight excluding hydrogens is 226 g/mol. The molecule has 1 rings (SSSR count). The van der Waals surface area contributed by atoms with Crippen LogP contribution in [-0.4, -0.2) is 57.3 Å². The van der Waals surface area contributed by atoms with Crippen molar-refractivity contribution in [1.29, 1.82) is 0 Å². The van der Waals surface area contributed by atoms with Crippen molar-refractivity contribution in [2.45, 2.75) is 31.7 Å². The van der Waals surface area contributed by atoms with Gasteiger partial charge in [0.05, 0.1) is 0 Å². The molecule has 0 bridgehead atoms. The Labute approximate surface area is 99.0 Å². The van der Waals surface area contributed by atoms with Gasteiger partial charge in [-0.1, -0.05) is 6.42 Å². The van der Waals surface area contributed by atoms with Crippen molar-refractivity contribution < 1.29 is 8.42 Å². The SMILES string of the molecule is CN(C)S(=O)(=O)N(C)CCC1CCCCN1. The Bertz CT molecular complexity index is 297. The highest BCUT2D eigenvalue weighted by Crippen LogP contribution is 2.11. The molecule has 16 heavy (non-hydrogen) atoms. The third kappa shape index (κ3) is 3.69. The zero-order chi connectivity index (χ0) is 12.2. The molecule has 6 heteroatoms. The van der Waals surface area contributed by atoms with Gasteiger partial charge in [-0.05, 0) is 25.8 Å². The fraction of sp³-hybridized carbons (Fsp3) is 1.00. The minimum atomic E-state index is -3.24. The maximum absolute atomic E-state index is 11.7. The first kappa shape index (κ1) is 13.9. The molecule has 0 saturated carbocycles. The summed E-state index contributed by atoms with van der Waals surface area (Å²) >= 11 is 0. The van der Waals surface area contributed by atoms with Crippen LogP contribution in [0.4, 0.5) is 0 Å². The van der Waals surface area contributed by atoms with Gasteiger partial charge in [0.15, 0.2) is 0 Å². The molecule has 1 N–H and O–H groups in total. The van der Waals surface area contributed by atoms with Gasteiger partial charge in [0.25, 0.3) is 10.2 Å². The summed E-state index contributed by atoms with van der Waals surface area (Å²) in [6.45, 7) is 1.65. The van der Waals surface area contributed by atoms with Gasteiger partial charge >= 0.3 is 0 Å². The predicted molar refractivity (Wildman–Crippen MR) is 65.5 cm³/mol. The van der Waals surface area contributed by atoms with E-state index >= 15 is 0 Å². The van der Waals surface area contributed by atoms with E-state index in [1.54, 1.807) is 21.1 Å². The second kappa shape index (κ2) is 5.95. The summed E-state index contributed by atoms with van der Waals surface area (Å²) < 4.78 is 26.1. The Morgan fingerprint density at radius 1 is 1.25 bits per heavy atom. The molecule has 0 aliphatic carbocycles. The highest BCUT2D eigenvalue weighted by molar-refractivity contribution is 7.86. The van der Waals surface area contributed by atoms with Gasteiger partial charge < -0.3 is 5.32 Å². The molecule has 0 aromatic heterocycles. The van der Waals surface area contributed by atoms with E-state index in [9.17, 15) is 8.42 Å². The molecule has 96 valence electrons. The molecule has 1 aliphatic rings. The van der Waals surface area contributed by atoms with Crippen LogP contribution in [0.25, 0.3) is 0 Å². The van der Waals surface area contributed by atoms with Crippen molar-refractivity contribution in [1.82, 2.24) is 13.9 Å². The van der Waals surface area contributed by atoms with Gasteiger partial charge in [0.2, 0.25) is 0 Å². The Balaban J connectivity index is 2.37. The molecule has 1 atom stereocenters. The lowest BCUT2D eigenvalue weighted by Crippen LogP contribution is -2.41. The lowest BCUT2D eigenvalue weighted by Gasteiger charge is -2.26. The monoisotopic (exact) mass is 249 g/mol. The van der Waals surface area contributed by atoms with Crippen LogP contribution in [0.5, 0.6) is 0 Å². The second-order valence-electron chi connectivity index (χ2n) is 4.55. The molecule has 0 radical (unpaired) electrons. The lowest BCUT2D eigenvalue weighted by atomic mass is 10.0. The quantitative estimate of drug-likeness (QED) is 0.760. The van der Waals surface area contributed by atoms with Gasteiger partial charge in [-0.15, -0.1) is 0 Å². The molecular formula is C10H23N3O2S. The van der Waals surface area contributed by atoms with Crippen LogP contribution in [-0.2, 0) is 10.2 Å². The summed E-state index contributed by atoms with van der Waals surface area (Å²) in [7, 11) is 1.52.